The van der Waals surface area contributed by atoms with E-state index >= 15 is 0 Å². The van der Waals surface area contributed by atoms with E-state index < -0.39 is 0 Å². The summed E-state index contributed by atoms with van der Waals surface area (Å²) in [5.74, 6) is 1.02. The fourth-order valence-electron chi connectivity index (χ4n) is 3.45. The van der Waals surface area contributed by atoms with Crippen molar-refractivity contribution in [2.75, 3.05) is 31.1 Å². The van der Waals surface area contributed by atoms with E-state index in [-0.39, 0.29) is 17.8 Å². The van der Waals surface area contributed by atoms with Gasteiger partial charge in [0.2, 0.25) is 0 Å². The third-order valence-electron chi connectivity index (χ3n) is 5.00. The monoisotopic (exact) mass is 365 g/mol. The van der Waals surface area contributed by atoms with Gasteiger partial charge in [-0.15, -0.1) is 0 Å². The molecule has 1 fully saturated rings. The van der Waals surface area contributed by atoms with E-state index in [1.165, 1.54) is 0 Å². The highest BCUT2D eigenvalue weighted by molar-refractivity contribution is 5.79. The molecule has 27 heavy (non-hydrogen) atoms. The van der Waals surface area contributed by atoms with Crippen LogP contribution in [-0.4, -0.2) is 42.2 Å². The number of carbonyl (C=O) groups is 1. The van der Waals surface area contributed by atoms with Crippen LogP contribution >= 0.6 is 0 Å². The van der Waals surface area contributed by atoms with Gasteiger partial charge in [-0.3, -0.25) is 0 Å². The van der Waals surface area contributed by atoms with Crippen molar-refractivity contribution in [3.05, 3.63) is 60.4 Å². The Hall–Kier alpha value is -3.15. The molecule has 0 saturated carbocycles. The highest BCUT2D eigenvalue weighted by Gasteiger charge is 2.24. The standard InChI is InChI=1S/C21H23N3O3/c1-15(20-14-16-6-2-5-9-19(16)27-20)22-21(26)24-12-10-23(11-13-24)17-7-3-4-8-18(17)25/h2-9,14-15,25H,10-13H2,1H3,(H,22,26). The lowest BCUT2D eigenvalue weighted by Crippen LogP contribution is -2.52. The number of anilines is 1. The number of hydrogen-bond acceptors (Lipinski definition) is 4. The maximum absolute atomic E-state index is 12.6. The predicted octanol–water partition coefficient (Wildman–Crippen LogP) is 3.73. The first-order valence-corrected chi connectivity index (χ1v) is 9.18. The van der Waals surface area contributed by atoms with Gasteiger partial charge in [-0.1, -0.05) is 30.3 Å². The van der Waals surface area contributed by atoms with Crippen molar-refractivity contribution in [1.82, 2.24) is 10.2 Å². The lowest BCUT2D eigenvalue weighted by Gasteiger charge is -2.36. The molecule has 2 aromatic carbocycles. The van der Waals surface area contributed by atoms with E-state index in [2.05, 4.69) is 10.2 Å². The fraction of sp³-hybridized carbons (Fsp3) is 0.286. The van der Waals surface area contributed by atoms with Gasteiger partial charge in [0.25, 0.3) is 0 Å². The summed E-state index contributed by atoms with van der Waals surface area (Å²) in [5, 5.41) is 14.0. The second kappa shape index (κ2) is 7.23. The molecule has 4 rings (SSSR count). The quantitative estimate of drug-likeness (QED) is 0.742. The van der Waals surface area contributed by atoms with Crippen LogP contribution in [0.1, 0.15) is 18.7 Å². The average Bonchev–Trinajstić information content (AvgIpc) is 3.13. The summed E-state index contributed by atoms with van der Waals surface area (Å²) in [7, 11) is 0. The second-order valence-corrected chi connectivity index (χ2v) is 6.82. The summed E-state index contributed by atoms with van der Waals surface area (Å²) in [4.78, 5) is 16.5. The Balaban J connectivity index is 1.36. The Labute approximate surface area is 158 Å². The molecule has 6 heteroatoms. The van der Waals surface area contributed by atoms with E-state index in [4.69, 9.17) is 4.42 Å². The summed E-state index contributed by atoms with van der Waals surface area (Å²) in [6.07, 6.45) is 0. The molecule has 2 amide bonds. The summed E-state index contributed by atoms with van der Waals surface area (Å²) < 4.78 is 5.84. The van der Waals surface area contributed by atoms with Crippen LogP contribution in [0, 0.1) is 0 Å². The van der Waals surface area contributed by atoms with Crippen LogP contribution in [0.15, 0.2) is 59.0 Å². The highest BCUT2D eigenvalue weighted by atomic mass is 16.3. The number of piperazine rings is 1. The smallest absolute Gasteiger partial charge is 0.318 e. The molecule has 3 aromatic rings. The Morgan fingerprint density at radius 2 is 1.78 bits per heavy atom. The number of nitrogens with one attached hydrogen (secondary N) is 1. The number of rotatable bonds is 3. The second-order valence-electron chi connectivity index (χ2n) is 6.82. The molecule has 6 nitrogen and oxygen atoms in total. The first-order chi connectivity index (χ1) is 13.1. The number of urea groups is 1. The SMILES string of the molecule is CC(NC(=O)N1CCN(c2ccccc2O)CC1)c1cc2ccccc2o1. The summed E-state index contributed by atoms with van der Waals surface area (Å²) in [5.41, 5.74) is 1.64. The number of para-hydroxylation sites is 3. The molecular weight excluding hydrogens is 342 g/mol. The number of amides is 2. The Bertz CT molecular complexity index is 912. The minimum Gasteiger partial charge on any atom is -0.506 e. The zero-order valence-corrected chi connectivity index (χ0v) is 15.3. The first kappa shape index (κ1) is 17.3. The first-order valence-electron chi connectivity index (χ1n) is 9.18. The molecule has 2 N–H and O–H groups in total. The molecule has 0 spiro atoms. The largest absolute Gasteiger partial charge is 0.506 e. The van der Waals surface area contributed by atoms with Crippen LogP contribution in [-0.2, 0) is 0 Å². The van der Waals surface area contributed by atoms with E-state index in [1.54, 1.807) is 11.0 Å². The van der Waals surface area contributed by atoms with Gasteiger partial charge in [-0.25, -0.2) is 4.79 Å². The summed E-state index contributed by atoms with van der Waals surface area (Å²) in [6, 6.07) is 16.8. The van der Waals surface area contributed by atoms with Crippen LogP contribution in [0.4, 0.5) is 10.5 Å². The van der Waals surface area contributed by atoms with E-state index in [0.717, 1.165) is 22.4 Å². The summed E-state index contributed by atoms with van der Waals surface area (Å²) in [6.45, 7) is 4.50. The molecule has 0 aliphatic carbocycles. The number of fused-ring (bicyclic) bond motifs is 1. The van der Waals surface area contributed by atoms with Gasteiger partial charge in [0.1, 0.15) is 17.1 Å². The van der Waals surface area contributed by atoms with Crippen molar-refractivity contribution in [3.63, 3.8) is 0 Å². The van der Waals surface area contributed by atoms with Crippen molar-refractivity contribution < 1.29 is 14.3 Å². The minimum absolute atomic E-state index is 0.0973. The maximum atomic E-state index is 12.6. The zero-order valence-electron chi connectivity index (χ0n) is 15.3. The Morgan fingerprint density at radius 3 is 2.52 bits per heavy atom. The number of hydrogen-bond donors (Lipinski definition) is 2. The van der Waals surface area contributed by atoms with Gasteiger partial charge in [-0.2, -0.15) is 0 Å². The molecule has 1 unspecified atom stereocenters. The number of furan rings is 1. The van der Waals surface area contributed by atoms with Gasteiger partial charge in [0.15, 0.2) is 0 Å². The van der Waals surface area contributed by atoms with Crippen molar-refractivity contribution in [3.8, 4) is 5.75 Å². The molecule has 1 aromatic heterocycles. The van der Waals surface area contributed by atoms with E-state index in [9.17, 15) is 9.90 Å². The van der Waals surface area contributed by atoms with E-state index in [0.29, 0.717) is 26.2 Å². The number of nitrogens with zero attached hydrogens (tertiary/aromatic N) is 2. The molecule has 140 valence electrons. The molecule has 1 aliphatic rings. The number of phenolic OH excluding ortho intramolecular Hbond substituents is 1. The number of aromatic hydroxyl groups is 1. The van der Waals surface area contributed by atoms with Crippen LogP contribution in [0.25, 0.3) is 11.0 Å². The Kier molecular flexibility index (Phi) is 4.62. The normalized spacial score (nSPS) is 15.7. The van der Waals surface area contributed by atoms with Gasteiger partial charge in [-0.05, 0) is 31.2 Å². The molecule has 1 saturated heterocycles. The summed E-state index contributed by atoms with van der Waals surface area (Å²) >= 11 is 0. The molecule has 1 atom stereocenters. The van der Waals surface area contributed by atoms with Crippen molar-refractivity contribution in [2.24, 2.45) is 0 Å². The van der Waals surface area contributed by atoms with Crippen LogP contribution in [0.3, 0.4) is 0 Å². The predicted molar refractivity (Wildman–Crippen MR) is 105 cm³/mol. The lowest BCUT2D eigenvalue weighted by molar-refractivity contribution is 0.189. The topological polar surface area (TPSA) is 69.0 Å². The van der Waals surface area contributed by atoms with Crippen LogP contribution < -0.4 is 10.2 Å². The van der Waals surface area contributed by atoms with E-state index in [1.807, 2.05) is 55.5 Å². The zero-order chi connectivity index (χ0) is 18.8. The number of phenols is 1. The van der Waals surface area contributed by atoms with Crippen LogP contribution in [0.2, 0.25) is 0 Å². The minimum atomic E-state index is -0.207. The van der Waals surface area contributed by atoms with Crippen molar-refractivity contribution in [2.45, 2.75) is 13.0 Å². The Morgan fingerprint density at radius 1 is 1.07 bits per heavy atom. The maximum Gasteiger partial charge on any atom is 0.318 e. The third kappa shape index (κ3) is 3.56. The van der Waals surface area contributed by atoms with Gasteiger partial charge in [0, 0.05) is 31.6 Å². The molecule has 0 bridgehead atoms. The lowest BCUT2D eigenvalue weighted by atomic mass is 10.2. The van der Waals surface area contributed by atoms with Crippen LogP contribution in [0.5, 0.6) is 5.75 Å². The number of carbonyl (C=O) groups excluding carboxylic acids is 1. The average molecular weight is 365 g/mol. The van der Waals surface area contributed by atoms with Crippen molar-refractivity contribution in [1.29, 1.82) is 0 Å². The van der Waals surface area contributed by atoms with Gasteiger partial charge < -0.3 is 24.6 Å². The fourth-order valence-corrected chi connectivity index (χ4v) is 3.45. The third-order valence-corrected chi connectivity index (χ3v) is 5.00. The molecular formula is C21H23N3O3. The van der Waals surface area contributed by atoms with Crippen molar-refractivity contribution >= 4 is 22.7 Å². The molecule has 1 aliphatic heterocycles. The molecule has 2 heterocycles. The van der Waals surface area contributed by atoms with Gasteiger partial charge in [0.05, 0.1) is 11.7 Å². The molecule has 0 radical (unpaired) electrons. The number of benzene rings is 2. The van der Waals surface area contributed by atoms with Gasteiger partial charge >= 0.3 is 6.03 Å². The highest BCUT2D eigenvalue weighted by Crippen LogP contribution is 2.27.